The highest BCUT2D eigenvalue weighted by atomic mass is 19.4. The Hall–Kier alpha value is -4.47. The maximum Gasteiger partial charge on any atom is 0.416 e. The summed E-state index contributed by atoms with van der Waals surface area (Å²) >= 11 is 0. The van der Waals surface area contributed by atoms with Crippen LogP contribution >= 0.6 is 0 Å². The molecule has 1 heterocycles. The predicted octanol–water partition coefficient (Wildman–Crippen LogP) is 5.24. The fourth-order valence-electron chi connectivity index (χ4n) is 3.78. The van der Waals surface area contributed by atoms with Gasteiger partial charge in [0.2, 0.25) is 0 Å². The summed E-state index contributed by atoms with van der Waals surface area (Å²) in [6.45, 7) is 0. The van der Waals surface area contributed by atoms with Gasteiger partial charge in [-0.2, -0.15) is 13.2 Å². The summed E-state index contributed by atoms with van der Waals surface area (Å²) in [5.41, 5.74) is -1.36. The first-order chi connectivity index (χ1) is 16.1. The number of hydrogen-bond acceptors (Lipinski definition) is 5. The Bertz CT molecular complexity index is 1320. The molecule has 34 heavy (non-hydrogen) atoms. The zero-order valence-corrected chi connectivity index (χ0v) is 17.2. The maximum absolute atomic E-state index is 13.3. The van der Waals surface area contributed by atoms with Gasteiger partial charge in [0.15, 0.2) is 0 Å². The molecular formula is C24H15F3N2O5. The SMILES string of the molecule is O=C1C(=O)N(c2cccc(C(F)(F)F)c2)[C@H](c2ccccc2)C1=C(O)c1ccc([N+](=O)[O-])cc1. The number of aliphatic hydroxyl groups is 1. The Kier molecular flexibility index (Phi) is 5.66. The highest BCUT2D eigenvalue weighted by molar-refractivity contribution is 6.51. The molecule has 10 heteroatoms. The number of rotatable bonds is 4. The van der Waals surface area contributed by atoms with E-state index in [1.165, 1.54) is 18.2 Å². The van der Waals surface area contributed by atoms with Gasteiger partial charge in [-0.15, -0.1) is 0 Å². The molecule has 0 bridgehead atoms. The summed E-state index contributed by atoms with van der Waals surface area (Å²) in [6, 6.07) is 15.5. The van der Waals surface area contributed by atoms with Crippen LogP contribution in [0.5, 0.6) is 0 Å². The van der Waals surface area contributed by atoms with Crippen LogP contribution in [-0.2, 0) is 15.8 Å². The minimum Gasteiger partial charge on any atom is -0.507 e. The Labute approximate surface area is 190 Å². The average molecular weight is 468 g/mol. The molecule has 1 aliphatic rings. The second-order valence-electron chi connectivity index (χ2n) is 7.43. The van der Waals surface area contributed by atoms with E-state index in [4.69, 9.17) is 0 Å². The molecule has 1 amide bonds. The van der Waals surface area contributed by atoms with Crippen molar-refractivity contribution in [1.29, 1.82) is 0 Å². The molecule has 1 aliphatic heterocycles. The number of non-ortho nitro benzene ring substituents is 1. The number of nitrogens with zero attached hydrogens (tertiary/aromatic N) is 2. The molecule has 1 saturated heterocycles. The lowest BCUT2D eigenvalue weighted by atomic mass is 9.95. The van der Waals surface area contributed by atoms with E-state index in [0.717, 1.165) is 35.2 Å². The van der Waals surface area contributed by atoms with Crippen molar-refractivity contribution in [3.05, 3.63) is 111 Å². The minimum absolute atomic E-state index is 0.0357. The number of anilines is 1. The largest absolute Gasteiger partial charge is 0.507 e. The number of carbonyl (C=O) groups is 2. The number of aliphatic hydroxyl groups excluding tert-OH is 1. The number of nitro groups is 1. The van der Waals surface area contributed by atoms with E-state index < -0.39 is 40.2 Å². The number of hydrogen-bond donors (Lipinski definition) is 1. The molecule has 0 unspecified atom stereocenters. The Morgan fingerprint density at radius 1 is 0.941 bits per heavy atom. The van der Waals surface area contributed by atoms with E-state index >= 15 is 0 Å². The second-order valence-corrected chi connectivity index (χ2v) is 7.43. The van der Waals surface area contributed by atoms with Crippen molar-refractivity contribution in [3.63, 3.8) is 0 Å². The van der Waals surface area contributed by atoms with Crippen LogP contribution in [-0.4, -0.2) is 21.7 Å². The monoisotopic (exact) mass is 468 g/mol. The zero-order chi connectivity index (χ0) is 24.6. The fraction of sp³-hybridized carbons (Fsp3) is 0.0833. The molecule has 4 rings (SSSR count). The lowest BCUT2D eigenvalue weighted by Gasteiger charge is -2.26. The van der Waals surface area contributed by atoms with Crippen molar-refractivity contribution in [1.82, 2.24) is 0 Å². The van der Waals surface area contributed by atoms with Gasteiger partial charge >= 0.3 is 6.18 Å². The van der Waals surface area contributed by atoms with Gasteiger partial charge in [0.1, 0.15) is 5.76 Å². The van der Waals surface area contributed by atoms with Crippen molar-refractivity contribution in [2.75, 3.05) is 4.90 Å². The van der Waals surface area contributed by atoms with Crippen LogP contribution in [0.1, 0.15) is 22.7 Å². The van der Waals surface area contributed by atoms with E-state index in [1.807, 2.05) is 0 Å². The number of amides is 1. The topological polar surface area (TPSA) is 101 Å². The number of halogens is 3. The van der Waals surface area contributed by atoms with E-state index in [1.54, 1.807) is 30.3 Å². The van der Waals surface area contributed by atoms with Crippen molar-refractivity contribution in [2.24, 2.45) is 0 Å². The van der Waals surface area contributed by atoms with E-state index in [0.29, 0.717) is 5.56 Å². The molecule has 172 valence electrons. The lowest BCUT2D eigenvalue weighted by molar-refractivity contribution is -0.384. The summed E-state index contributed by atoms with van der Waals surface area (Å²) in [5.74, 6) is -2.81. The van der Waals surface area contributed by atoms with Gasteiger partial charge < -0.3 is 5.11 Å². The molecule has 0 spiro atoms. The molecule has 3 aromatic rings. The lowest BCUT2D eigenvalue weighted by Crippen LogP contribution is -2.29. The zero-order valence-electron chi connectivity index (χ0n) is 17.2. The van der Waals surface area contributed by atoms with Crippen LogP contribution in [0.15, 0.2) is 84.4 Å². The van der Waals surface area contributed by atoms with Crippen LogP contribution in [0.4, 0.5) is 24.5 Å². The van der Waals surface area contributed by atoms with Crippen LogP contribution in [0.25, 0.3) is 5.76 Å². The number of alkyl halides is 3. The van der Waals surface area contributed by atoms with Crippen molar-refractivity contribution in [3.8, 4) is 0 Å². The smallest absolute Gasteiger partial charge is 0.416 e. The summed E-state index contributed by atoms with van der Waals surface area (Å²) < 4.78 is 39.9. The summed E-state index contributed by atoms with van der Waals surface area (Å²) in [5, 5.41) is 21.9. The first kappa shape index (κ1) is 22.7. The first-order valence-corrected chi connectivity index (χ1v) is 9.87. The first-order valence-electron chi connectivity index (χ1n) is 9.87. The second kappa shape index (κ2) is 8.47. The molecule has 1 N–H and O–H groups in total. The molecular weight excluding hydrogens is 453 g/mol. The molecule has 0 radical (unpaired) electrons. The van der Waals surface area contributed by atoms with Crippen LogP contribution < -0.4 is 4.90 Å². The van der Waals surface area contributed by atoms with Gasteiger partial charge in [-0.25, -0.2) is 0 Å². The predicted molar refractivity (Wildman–Crippen MR) is 116 cm³/mol. The number of nitro benzene ring substituents is 1. The average Bonchev–Trinajstić information content (AvgIpc) is 3.09. The maximum atomic E-state index is 13.3. The summed E-state index contributed by atoms with van der Waals surface area (Å²) in [6.07, 6.45) is -4.68. The molecule has 0 saturated carbocycles. The normalized spacial score (nSPS) is 17.7. The highest BCUT2D eigenvalue weighted by Crippen LogP contribution is 2.43. The third kappa shape index (κ3) is 4.01. The number of Topliss-reactive ketones (excluding diaryl/α,β-unsaturated/α-hetero) is 1. The van der Waals surface area contributed by atoms with E-state index in [2.05, 4.69) is 0 Å². The van der Waals surface area contributed by atoms with Crippen molar-refractivity contribution in [2.45, 2.75) is 12.2 Å². The van der Waals surface area contributed by atoms with Gasteiger partial charge in [0.25, 0.3) is 17.4 Å². The third-order valence-corrected chi connectivity index (χ3v) is 5.36. The molecule has 1 fully saturated rings. The van der Waals surface area contributed by atoms with Crippen LogP contribution in [0.3, 0.4) is 0 Å². The van der Waals surface area contributed by atoms with Gasteiger partial charge in [0.05, 0.1) is 22.1 Å². The quantitative estimate of drug-likeness (QED) is 0.186. The number of carbonyl (C=O) groups excluding carboxylic acids is 2. The van der Waals surface area contributed by atoms with E-state index in [-0.39, 0.29) is 22.5 Å². The molecule has 3 aromatic carbocycles. The third-order valence-electron chi connectivity index (χ3n) is 5.36. The molecule has 0 aliphatic carbocycles. The van der Waals surface area contributed by atoms with Crippen LogP contribution in [0, 0.1) is 10.1 Å². The molecule has 1 atom stereocenters. The summed E-state index contributed by atoms with van der Waals surface area (Å²) in [4.78, 5) is 37.2. The minimum atomic E-state index is -4.68. The number of ketones is 1. The van der Waals surface area contributed by atoms with E-state index in [9.17, 15) is 38.0 Å². The Morgan fingerprint density at radius 3 is 2.18 bits per heavy atom. The van der Waals surface area contributed by atoms with Gasteiger partial charge in [0, 0.05) is 23.4 Å². The fourth-order valence-corrected chi connectivity index (χ4v) is 3.78. The Morgan fingerprint density at radius 2 is 1.59 bits per heavy atom. The Balaban J connectivity index is 1.91. The van der Waals surface area contributed by atoms with Gasteiger partial charge in [-0.1, -0.05) is 36.4 Å². The van der Waals surface area contributed by atoms with Crippen molar-refractivity contribution < 1.29 is 32.8 Å². The molecule has 7 nitrogen and oxygen atoms in total. The number of benzene rings is 3. The highest BCUT2D eigenvalue weighted by Gasteiger charge is 2.47. The standard InChI is InChI=1S/C24H15F3N2O5/c25-24(26,27)16-7-4-8-18(13-16)28-20(14-5-2-1-3-6-14)19(22(31)23(28)32)21(30)15-9-11-17(12-10-15)29(33)34/h1-13,20,30H/t20-/m1/s1. The van der Waals surface area contributed by atoms with Gasteiger partial charge in [-0.05, 0) is 35.9 Å². The summed E-state index contributed by atoms with van der Waals surface area (Å²) in [7, 11) is 0. The van der Waals surface area contributed by atoms with Crippen LogP contribution in [0.2, 0.25) is 0 Å². The molecule has 0 aromatic heterocycles. The van der Waals surface area contributed by atoms with Crippen molar-refractivity contribution >= 4 is 28.8 Å². The van der Waals surface area contributed by atoms with Gasteiger partial charge in [-0.3, -0.25) is 24.6 Å².